The molecule has 27 heavy (non-hydrogen) atoms. The van der Waals surface area contributed by atoms with E-state index in [0.717, 1.165) is 40.8 Å². The van der Waals surface area contributed by atoms with Gasteiger partial charge in [-0.3, -0.25) is 0 Å². The van der Waals surface area contributed by atoms with Crippen molar-refractivity contribution in [2.45, 2.75) is 0 Å². The Morgan fingerprint density at radius 3 is 2.48 bits per heavy atom. The lowest BCUT2D eigenvalue weighted by Gasteiger charge is -2.31. The Hall–Kier alpha value is -3.18. The van der Waals surface area contributed by atoms with E-state index in [-0.39, 0.29) is 5.97 Å². The van der Waals surface area contributed by atoms with Gasteiger partial charge in [-0.05, 0) is 30.3 Å². The molecule has 0 saturated carbocycles. The molecule has 3 aromatic rings. The van der Waals surface area contributed by atoms with Gasteiger partial charge in [-0.2, -0.15) is 0 Å². The molecule has 0 bridgehead atoms. The zero-order valence-electron chi connectivity index (χ0n) is 14.7. The lowest BCUT2D eigenvalue weighted by Crippen LogP contribution is -2.36. The third-order valence-electron chi connectivity index (χ3n) is 5.00. The van der Waals surface area contributed by atoms with Gasteiger partial charge in [-0.15, -0.1) is 0 Å². The molecule has 5 heteroatoms. The van der Waals surface area contributed by atoms with Gasteiger partial charge < -0.3 is 14.4 Å². The number of nitrogens with zero attached hydrogens (tertiary/aromatic N) is 2. The van der Waals surface area contributed by atoms with Crippen molar-refractivity contribution in [3.8, 4) is 0 Å². The summed E-state index contributed by atoms with van der Waals surface area (Å²) in [7, 11) is 0. The molecule has 1 fully saturated rings. The highest BCUT2D eigenvalue weighted by atomic mass is 16.5. The summed E-state index contributed by atoms with van der Waals surface area (Å²) in [6, 6.07) is 19.4. The minimum atomic E-state index is -0.359. The molecule has 0 aliphatic carbocycles. The van der Waals surface area contributed by atoms with Crippen molar-refractivity contribution in [2.75, 3.05) is 31.2 Å². The van der Waals surface area contributed by atoms with Crippen LogP contribution in [0.5, 0.6) is 0 Å². The highest BCUT2D eigenvalue weighted by molar-refractivity contribution is 6.24. The number of ether oxygens (including phenoxy) is 2. The topological polar surface area (TPSA) is 51.1 Å². The molecule has 3 aromatic carbocycles. The van der Waals surface area contributed by atoms with Crippen LogP contribution in [-0.4, -0.2) is 38.2 Å². The van der Waals surface area contributed by atoms with Gasteiger partial charge in [0.05, 0.1) is 24.5 Å². The van der Waals surface area contributed by atoms with Crippen LogP contribution in [0.4, 0.5) is 11.4 Å². The Kier molecular flexibility index (Phi) is 3.87. The maximum Gasteiger partial charge on any atom is 0.345 e. The monoisotopic (exact) mass is 358 g/mol. The molecule has 2 aliphatic heterocycles. The Morgan fingerprint density at radius 2 is 1.67 bits per heavy atom. The molecule has 0 amide bonds. The Morgan fingerprint density at radius 1 is 0.852 bits per heavy atom. The fourth-order valence-corrected chi connectivity index (χ4v) is 3.72. The van der Waals surface area contributed by atoms with Gasteiger partial charge in [0.1, 0.15) is 0 Å². The fourth-order valence-electron chi connectivity index (χ4n) is 3.72. The lowest BCUT2D eigenvalue weighted by molar-refractivity contribution is 0.0716. The molecule has 134 valence electrons. The Labute approximate surface area is 156 Å². The minimum Gasteiger partial charge on any atom is -0.403 e. The van der Waals surface area contributed by atoms with Crippen molar-refractivity contribution in [1.82, 2.24) is 0 Å². The normalized spacial score (nSPS) is 18.0. The number of morpholine rings is 1. The molecule has 0 radical (unpaired) electrons. The second-order valence-electron chi connectivity index (χ2n) is 6.60. The highest BCUT2D eigenvalue weighted by Gasteiger charge is 2.28. The van der Waals surface area contributed by atoms with Crippen molar-refractivity contribution in [2.24, 2.45) is 4.99 Å². The third-order valence-corrected chi connectivity index (χ3v) is 5.00. The summed E-state index contributed by atoms with van der Waals surface area (Å²) >= 11 is 0. The van der Waals surface area contributed by atoms with E-state index >= 15 is 0 Å². The van der Waals surface area contributed by atoms with Gasteiger partial charge in [0.25, 0.3) is 0 Å². The molecule has 0 atom stereocenters. The van der Waals surface area contributed by atoms with Gasteiger partial charge in [0.2, 0.25) is 5.90 Å². The summed E-state index contributed by atoms with van der Waals surface area (Å²) in [5, 5.41) is 1.96. The van der Waals surface area contributed by atoms with Crippen LogP contribution in [-0.2, 0) is 9.47 Å². The van der Waals surface area contributed by atoms with E-state index in [9.17, 15) is 4.79 Å². The molecule has 5 rings (SSSR count). The number of hydrogen-bond acceptors (Lipinski definition) is 5. The zero-order valence-corrected chi connectivity index (χ0v) is 14.7. The predicted octanol–water partition coefficient (Wildman–Crippen LogP) is 3.93. The van der Waals surface area contributed by atoms with Crippen LogP contribution in [0.15, 0.2) is 65.7 Å². The average molecular weight is 358 g/mol. The first-order valence-corrected chi connectivity index (χ1v) is 9.06. The van der Waals surface area contributed by atoms with Gasteiger partial charge in [0, 0.05) is 35.1 Å². The molecule has 0 aromatic heterocycles. The second-order valence-corrected chi connectivity index (χ2v) is 6.60. The zero-order chi connectivity index (χ0) is 18.2. The van der Waals surface area contributed by atoms with E-state index < -0.39 is 0 Å². The van der Waals surface area contributed by atoms with Gasteiger partial charge in [-0.1, -0.05) is 30.3 Å². The largest absolute Gasteiger partial charge is 0.403 e. The number of cyclic esters (lactones) is 1. The molecule has 2 aliphatic rings. The number of carbonyl (C=O) groups is 1. The number of carbonyl (C=O) groups excluding carboxylic acids is 1. The van der Waals surface area contributed by atoms with Crippen LogP contribution in [0.1, 0.15) is 15.9 Å². The van der Waals surface area contributed by atoms with Crippen molar-refractivity contribution in [1.29, 1.82) is 0 Å². The number of rotatable bonds is 2. The number of hydrogen-bond donors (Lipinski definition) is 0. The van der Waals surface area contributed by atoms with E-state index in [1.165, 1.54) is 0 Å². The standard InChI is InChI=1S/C22H18N2O3/c25-22-18-9-10-19(24-11-13-26-14-12-24)16-7-4-8-17(20(16)18)21(27-22)23-15-5-2-1-3-6-15/h1-10H,11-14H2. The summed E-state index contributed by atoms with van der Waals surface area (Å²) < 4.78 is 11.0. The first kappa shape index (κ1) is 16.0. The first-order valence-electron chi connectivity index (χ1n) is 9.06. The van der Waals surface area contributed by atoms with Crippen molar-refractivity contribution < 1.29 is 14.3 Å². The first-order chi connectivity index (χ1) is 13.3. The Balaban J connectivity index is 1.71. The van der Waals surface area contributed by atoms with Crippen LogP contribution in [0, 0.1) is 0 Å². The second kappa shape index (κ2) is 6.52. The number of esters is 1. The van der Waals surface area contributed by atoms with Crippen LogP contribution in [0.3, 0.4) is 0 Å². The van der Waals surface area contributed by atoms with Gasteiger partial charge in [-0.25, -0.2) is 9.79 Å². The van der Waals surface area contributed by atoms with Gasteiger partial charge >= 0.3 is 5.97 Å². The summed E-state index contributed by atoms with van der Waals surface area (Å²) in [6.07, 6.45) is 0. The lowest BCUT2D eigenvalue weighted by atomic mass is 9.95. The number of para-hydroxylation sites is 1. The van der Waals surface area contributed by atoms with E-state index in [2.05, 4.69) is 16.0 Å². The summed E-state index contributed by atoms with van der Waals surface area (Å²) in [4.78, 5) is 19.5. The SMILES string of the molecule is O=C1OC(=Nc2ccccc2)c2cccc3c(N4CCOCC4)ccc1c23. The molecule has 0 spiro atoms. The number of aliphatic imine (C=N–C) groups is 1. The molecular weight excluding hydrogens is 340 g/mol. The van der Waals surface area contributed by atoms with Crippen molar-refractivity contribution in [3.63, 3.8) is 0 Å². The van der Waals surface area contributed by atoms with Crippen LogP contribution in [0.25, 0.3) is 10.8 Å². The molecule has 0 unspecified atom stereocenters. The maximum absolute atomic E-state index is 12.6. The number of benzene rings is 3. The van der Waals surface area contributed by atoms with E-state index in [4.69, 9.17) is 9.47 Å². The quantitative estimate of drug-likeness (QED) is 0.652. The molecule has 5 nitrogen and oxygen atoms in total. The highest BCUT2D eigenvalue weighted by Crippen LogP contribution is 2.36. The summed E-state index contributed by atoms with van der Waals surface area (Å²) in [6.45, 7) is 3.11. The molecular formula is C22H18N2O3. The van der Waals surface area contributed by atoms with E-state index in [0.29, 0.717) is 24.7 Å². The predicted molar refractivity (Wildman–Crippen MR) is 105 cm³/mol. The van der Waals surface area contributed by atoms with Crippen LogP contribution in [0.2, 0.25) is 0 Å². The minimum absolute atomic E-state index is 0.350. The number of anilines is 1. The van der Waals surface area contributed by atoms with Crippen molar-refractivity contribution in [3.05, 3.63) is 71.8 Å². The maximum atomic E-state index is 12.6. The smallest absolute Gasteiger partial charge is 0.345 e. The molecule has 1 saturated heterocycles. The van der Waals surface area contributed by atoms with E-state index in [1.54, 1.807) is 0 Å². The van der Waals surface area contributed by atoms with Crippen LogP contribution >= 0.6 is 0 Å². The molecule has 2 heterocycles. The Bertz CT molecular complexity index is 1050. The summed E-state index contributed by atoms with van der Waals surface area (Å²) in [5.74, 6) is -0.00895. The van der Waals surface area contributed by atoms with E-state index in [1.807, 2.05) is 54.6 Å². The van der Waals surface area contributed by atoms with Crippen molar-refractivity contribution >= 4 is 34.0 Å². The average Bonchev–Trinajstić information content (AvgIpc) is 2.73. The van der Waals surface area contributed by atoms with Gasteiger partial charge in [0.15, 0.2) is 0 Å². The summed E-state index contributed by atoms with van der Waals surface area (Å²) in [5.41, 5.74) is 3.31. The van der Waals surface area contributed by atoms with Crippen LogP contribution < -0.4 is 4.90 Å². The third kappa shape index (κ3) is 2.76. The fraction of sp³-hybridized carbons (Fsp3) is 0.182. The molecule has 0 N–H and O–H groups in total.